The van der Waals surface area contributed by atoms with Crippen LogP contribution in [0.15, 0.2) is 40.8 Å². The number of halogens is 1. The van der Waals surface area contributed by atoms with Crippen LogP contribution in [0.2, 0.25) is 5.02 Å². The van der Waals surface area contributed by atoms with Crippen LogP contribution in [0.5, 0.6) is 0 Å². The first kappa shape index (κ1) is 12.4. The molecule has 2 aromatic rings. The summed E-state index contributed by atoms with van der Waals surface area (Å²) in [5, 5.41) is 8.44. The summed E-state index contributed by atoms with van der Waals surface area (Å²) in [5.41, 5.74) is 9.34. The van der Waals surface area contributed by atoms with Crippen LogP contribution in [-0.2, 0) is 0 Å². The number of hydrogen-bond acceptors (Lipinski definition) is 3. The van der Waals surface area contributed by atoms with Crippen LogP contribution >= 0.6 is 22.9 Å². The highest BCUT2D eigenvalue weighted by molar-refractivity contribution is 7.12. The fraction of sp³-hybridized carbons (Fsp3) is 0. The number of rotatable bonds is 3. The molecular formula is C11H7ClN4OS. The second kappa shape index (κ2) is 5.55. The maximum atomic E-state index is 11.9. The molecule has 2 rings (SSSR count). The number of hydrogen-bond donors (Lipinski definition) is 1. The van der Waals surface area contributed by atoms with Crippen molar-refractivity contribution in [3.63, 3.8) is 0 Å². The molecule has 0 saturated carbocycles. The molecule has 1 amide bonds. The number of azide groups is 1. The number of anilines is 1. The van der Waals surface area contributed by atoms with Gasteiger partial charge in [0.1, 0.15) is 4.88 Å². The number of benzene rings is 1. The minimum atomic E-state index is -0.310. The maximum absolute atomic E-state index is 11.9. The minimum Gasteiger partial charge on any atom is -0.321 e. The van der Waals surface area contributed by atoms with Crippen molar-refractivity contribution < 1.29 is 4.79 Å². The van der Waals surface area contributed by atoms with Gasteiger partial charge in [-0.25, -0.2) is 0 Å². The zero-order valence-electron chi connectivity index (χ0n) is 9.00. The first-order valence-corrected chi connectivity index (χ1v) is 6.16. The fourth-order valence-corrected chi connectivity index (χ4v) is 2.17. The third kappa shape index (κ3) is 2.81. The Bertz CT molecular complexity index is 616. The number of thiophene rings is 1. The molecule has 0 bridgehead atoms. The van der Waals surface area contributed by atoms with Crippen LogP contribution in [0.3, 0.4) is 0 Å². The van der Waals surface area contributed by atoms with Gasteiger partial charge in [0, 0.05) is 15.6 Å². The van der Waals surface area contributed by atoms with Gasteiger partial charge >= 0.3 is 0 Å². The summed E-state index contributed by atoms with van der Waals surface area (Å²) in [6.07, 6.45) is 0. The van der Waals surface area contributed by atoms with Crippen LogP contribution < -0.4 is 5.32 Å². The van der Waals surface area contributed by atoms with Crippen molar-refractivity contribution in [3.05, 3.63) is 56.1 Å². The van der Waals surface area contributed by atoms with E-state index in [1.807, 2.05) is 0 Å². The fourth-order valence-electron chi connectivity index (χ4n) is 1.32. The first-order valence-electron chi connectivity index (χ1n) is 4.90. The van der Waals surface area contributed by atoms with Crippen LogP contribution in [0.25, 0.3) is 10.4 Å². The zero-order chi connectivity index (χ0) is 13.0. The maximum Gasteiger partial charge on any atom is 0.266 e. The average Bonchev–Trinajstić information content (AvgIpc) is 2.81. The Morgan fingerprint density at radius 2 is 2.06 bits per heavy atom. The molecule has 0 saturated heterocycles. The van der Waals surface area contributed by atoms with Crippen LogP contribution in [-0.4, -0.2) is 5.91 Å². The molecule has 0 atom stereocenters. The third-order valence-electron chi connectivity index (χ3n) is 2.11. The van der Waals surface area contributed by atoms with Crippen molar-refractivity contribution in [2.75, 3.05) is 5.32 Å². The Morgan fingerprint density at radius 3 is 2.72 bits per heavy atom. The van der Waals surface area contributed by atoms with E-state index in [0.29, 0.717) is 21.3 Å². The molecule has 0 aliphatic heterocycles. The molecule has 0 spiro atoms. The van der Waals surface area contributed by atoms with E-state index >= 15 is 0 Å². The summed E-state index contributed by atoms with van der Waals surface area (Å²) in [5.74, 6) is -0.310. The van der Waals surface area contributed by atoms with Crippen LogP contribution in [0.4, 0.5) is 11.4 Å². The first-order chi connectivity index (χ1) is 8.70. The van der Waals surface area contributed by atoms with E-state index in [1.54, 1.807) is 35.7 Å². The Hall–Kier alpha value is -2.01. The second-order valence-corrected chi connectivity index (χ2v) is 4.64. The van der Waals surface area contributed by atoms with Gasteiger partial charge in [-0.2, -0.15) is 0 Å². The van der Waals surface area contributed by atoms with Crippen molar-refractivity contribution in [1.82, 2.24) is 0 Å². The SMILES string of the molecule is [N-]=[N+]=Nc1ccsc1C(=O)Nc1ccc(Cl)cc1. The van der Waals surface area contributed by atoms with E-state index in [4.69, 9.17) is 17.1 Å². The van der Waals surface area contributed by atoms with Crippen molar-refractivity contribution in [2.24, 2.45) is 5.11 Å². The number of nitrogens with zero attached hydrogens (tertiary/aromatic N) is 3. The molecule has 0 aliphatic rings. The van der Waals surface area contributed by atoms with Crippen LogP contribution in [0.1, 0.15) is 9.67 Å². The van der Waals surface area contributed by atoms with Crippen molar-refractivity contribution in [3.8, 4) is 0 Å². The molecule has 0 fully saturated rings. The normalized spacial score (nSPS) is 9.61. The van der Waals surface area contributed by atoms with Gasteiger partial charge in [0.15, 0.2) is 0 Å². The minimum absolute atomic E-state index is 0.310. The van der Waals surface area contributed by atoms with Gasteiger partial charge in [0.2, 0.25) is 0 Å². The van der Waals surface area contributed by atoms with Crippen LogP contribution in [0, 0.1) is 0 Å². The summed E-state index contributed by atoms with van der Waals surface area (Å²) in [4.78, 5) is 15.0. The van der Waals surface area contributed by atoms with Gasteiger partial charge in [-0.1, -0.05) is 16.7 Å². The lowest BCUT2D eigenvalue weighted by Gasteiger charge is -2.04. The molecule has 1 heterocycles. The van der Waals surface area contributed by atoms with E-state index in [9.17, 15) is 4.79 Å². The molecule has 0 radical (unpaired) electrons. The molecule has 1 aromatic carbocycles. The second-order valence-electron chi connectivity index (χ2n) is 3.29. The Kier molecular flexibility index (Phi) is 3.84. The predicted molar refractivity (Wildman–Crippen MR) is 72.5 cm³/mol. The van der Waals surface area contributed by atoms with Crippen molar-refractivity contribution in [1.29, 1.82) is 0 Å². The Morgan fingerprint density at radius 1 is 1.33 bits per heavy atom. The third-order valence-corrected chi connectivity index (χ3v) is 3.26. The van der Waals surface area contributed by atoms with E-state index in [1.165, 1.54) is 11.3 Å². The molecular weight excluding hydrogens is 272 g/mol. The summed E-state index contributed by atoms with van der Waals surface area (Å²) in [6.45, 7) is 0. The van der Waals surface area contributed by atoms with Gasteiger partial charge in [0.25, 0.3) is 5.91 Å². The Labute approximate surface area is 112 Å². The lowest BCUT2D eigenvalue weighted by molar-refractivity contribution is 0.103. The van der Waals surface area contributed by atoms with Gasteiger partial charge in [-0.3, -0.25) is 4.79 Å². The molecule has 1 N–H and O–H groups in total. The molecule has 18 heavy (non-hydrogen) atoms. The molecule has 5 nitrogen and oxygen atoms in total. The molecule has 90 valence electrons. The van der Waals surface area contributed by atoms with E-state index < -0.39 is 0 Å². The smallest absolute Gasteiger partial charge is 0.266 e. The highest BCUT2D eigenvalue weighted by Crippen LogP contribution is 2.26. The average molecular weight is 279 g/mol. The van der Waals surface area contributed by atoms with Gasteiger partial charge in [0.05, 0.1) is 5.69 Å². The van der Waals surface area contributed by atoms with E-state index in [2.05, 4.69) is 15.3 Å². The summed E-state index contributed by atoms with van der Waals surface area (Å²) < 4.78 is 0. The quantitative estimate of drug-likeness (QED) is 0.497. The highest BCUT2D eigenvalue weighted by atomic mass is 35.5. The highest BCUT2D eigenvalue weighted by Gasteiger charge is 2.12. The largest absolute Gasteiger partial charge is 0.321 e. The summed E-state index contributed by atoms with van der Waals surface area (Å²) in [7, 11) is 0. The lowest BCUT2D eigenvalue weighted by Crippen LogP contribution is -2.10. The van der Waals surface area contributed by atoms with Gasteiger partial charge < -0.3 is 5.32 Å². The predicted octanol–water partition coefficient (Wildman–Crippen LogP) is 4.60. The number of nitrogens with one attached hydrogen (secondary N) is 1. The van der Waals surface area contributed by atoms with Gasteiger partial charge in [-0.05, 0) is 41.2 Å². The van der Waals surface area contributed by atoms with Crippen molar-refractivity contribution >= 4 is 40.2 Å². The van der Waals surface area contributed by atoms with Crippen molar-refractivity contribution in [2.45, 2.75) is 0 Å². The molecule has 0 unspecified atom stereocenters. The van der Waals surface area contributed by atoms with E-state index in [0.717, 1.165) is 0 Å². The lowest BCUT2D eigenvalue weighted by atomic mass is 10.3. The Balaban J connectivity index is 2.19. The number of carbonyl (C=O) groups is 1. The molecule has 7 heteroatoms. The summed E-state index contributed by atoms with van der Waals surface area (Å²) >= 11 is 6.97. The van der Waals surface area contributed by atoms with Gasteiger partial charge in [-0.15, -0.1) is 11.3 Å². The van der Waals surface area contributed by atoms with E-state index in [-0.39, 0.29) is 5.91 Å². The molecule has 0 aliphatic carbocycles. The summed E-state index contributed by atoms with van der Waals surface area (Å²) in [6, 6.07) is 8.35. The number of amides is 1. The standard InChI is InChI=1S/C11H7ClN4OS/c12-7-1-3-8(4-2-7)14-11(17)10-9(15-16-13)5-6-18-10/h1-6H,(H,14,17). The monoisotopic (exact) mass is 278 g/mol. The topological polar surface area (TPSA) is 77.9 Å². The molecule has 1 aromatic heterocycles. The zero-order valence-corrected chi connectivity index (χ0v) is 10.6. The number of carbonyl (C=O) groups excluding carboxylic acids is 1.